The fourth-order valence-electron chi connectivity index (χ4n) is 1.18. The SMILES string of the molecule is C/C(=C\NC(C)CCN(C)S(=O)O)C(C)N=CN. The number of nitrogens with zero attached hydrogens (tertiary/aromatic N) is 2. The molecule has 0 aromatic carbocycles. The minimum atomic E-state index is -1.89. The van der Waals surface area contributed by atoms with Crippen LogP contribution in [-0.2, 0) is 11.3 Å². The standard InChI is InChI=1S/C11H24N4O2S/c1-9(11(3)14-8-12)7-13-10(2)5-6-15(4)18(16)17/h7-8,10-11,13H,5-6H2,1-4H3,(H2,12,14)(H,16,17)/b9-7+. The van der Waals surface area contributed by atoms with Gasteiger partial charge >= 0.3 is 0 Å². The maximum Gasteiger partial charge on any atom is 0.234 e. The van der Waals surface area contributed by atoms with Gasteiger partial charge in [0.05, 0.1) is 12.4 Å². The number of nitrogens with one attached hydrogen (secondary N) is 1. The van der Waals surface area contributed by atoms with Crippen LogP contribution in [0.4, 0.5) is 0 Å². The van der Waals surface area contributed by atoms with Crippen LogP contribution in [-0.4, -0.2) is 45.1 Å². The molecule has 0 bridgehead atoms. The predicted octanol–water partition coefficient (Wildman–Crippen LogP) is 0.702. The van der Waals surface area contributed by atoms with Crippen LogP contribution >= 0.6 is 0 Å². The molecule has 3 unspecified atom stereocenters. The second kappa shape index (κ2) is 9.07. The molecule has 0 saturated carbocycles. The Balaban J connectivity index is 4.05. The Morgan fingerprint density at radius 1 is 1.61 bits per heavy atom. The van der Waals surface area contributed by atoms with E-state index in [1.54, 1.807) is 7.05 Å². The van der Waals surface area contributed by atoms with Gasteiger partial charge in [-0.05, 0) is 39.0 Å². The van der Waals surface area contributed by atoms with Crippen molar-refractivity contribution in [1.29, 1.82) is 0 Å². The van der Waals surface area contributed by atoms with Crippen molar-refractivity contribution in [3.63, 3.8) is 0 Å². The van der Waals surface area contributed by atoms with Gasteiger partial charge in [-0.1, -0.05) is 0 Å². The molecule has 0 aromatic heterocycles. The highest BCUT2D eigenvalue weighted by molar-refractivity contribution is 7.76. The number of nitrogens with two attached hydrogens (primary N) is 1. The summed E-state index contributed by atoms with van der Waals surface area (Å²) in [5.74, 6) is 0. The number of hydrogen-bond donors (Lipinski definition) is 3. The smallest absolute Gasteiger partial charge is 0.234 e. The first-order chi connectivity index (χ1) is 8.38. The highest BCUT2D eigenvalue weighted by Gasteiger charge is 2.07. The molecule has 0 fully saturated rings. The number of rotatable bonds is 8. The molecule has 0 spiro atoms. The van der Waals surface area contributed by atoms with Crippen molar-refractivity contribution in [2.45, 2.75) is 39.3 Å². The Kier molecular flexibility index (Phi) is 8.61. The van der Waals surface area contributed by atoms with Gasteiger partial charge in [0.15, 0.2) is 0 Å². The lowest BCUT2D eigenvalue weighted by molar-refractivity contribution is 0.420. The molecule has 7 heteroatoms. The van der Waals surface area contributed by atoms with Crippen molar-refractivity contribution in [2.75, 3.05) is 13.6 Å². The molecule has 0 aromatic rings. The van der Waals surface area contributed by atoms with Gasteiger partial charge in [-0.15, -0.1) is 0 Å². The van der Waals surface area contributed by atoms with Crippen molar-refractivity contribution in [2.24, 2.45) is 10.7 Å². The van der Waals surface area contributed by atoms with E-state index in [-0.39, 0.29) is 12.1 Å². The maximum absolute atomic E-state index is 10.7. The van der Waals surface area contributed by atoms with Crippen LogP contribution in [0.3, 0.4) is 0 Å². The normalized spacial score (nSPS) is 18.0. The van der Waals surface area contributed by atoms with Crippen molar-refractivity contribution in [3.05, 3.63) is 11.8 Å². The fourth-order valence-corrected chi connectivity index (χ4v) is 1.44. The third kappa shape index (κ3) is 7.41. The summed E-state index contributed by atoms with van der Waals surface area (Å²) in [6, 6.07) is 0.280. The molecule has 3 atom stereocenters. The Bertz CT molecular complexity index is 320. The molecule has 18 heavy (non-hydrogen) atoms. The molecule has 0 aliphatic rings. The summed E-state index contributed by atoms with van der Waals surface area (Å²) in [6.07, 6.45) is 4.00. The molecule has 0 amide bonds. The van der Waals surface area contributed by atoms with E-state index >= 15 is 0 Å². The fraction of sp³-hybridized carbons (Fsp3) is 0.727. The zero-order valence-electron chi connectivity index (χ0n) is 11.5. The quantitative estimate of drug-likeness (QED) is 0.346. The lowest BCUT2D eigenvalue weighted by Crippen LogP contribution is -2.29. The van der Waals surface area contributed by atoms with E-state index < -0.39 is 11.3 Å². The van der Waals surface area contributed by atoms with Gasteiger partial charge in [-0.25, -0.2) is 8.51 Å². The van der Waals surface area contributed by atoms with E-state index in [1.807, 2.05) is 27.0 Å². The van der Waals surface area contributed by atoms with Gasteiger partial charge < -0.3 is 11.1 Å². The minimum Gasteiger partial charge on any atom is -0.390 e. The molecule has 106 valence electrons. The first-order valence-electron chi connectivity index (χ1n) is 5.86. The van der Waals surface area contributed by atoms with Crippen molar-refractivity contribution >= 4 is 17.6 Å². The Hall–Kier alpha value is -0.920. The second-order valence-electron chi connectivity index (χ2n) is 4.30. The van der Waals surface area contributed by atoms with Gasteiger partial charge in [0, 0.05) is 19.6 Å². The summed E-state index contributed by atoms with van der Waals surface area (Å²) < 4.78 is 20.9. The second-order valence-corrected chi connectivity index (χ2v) is 5.39. The summed E-state index contributed by atoms with van der Waals surface area (Å²) in [7, 11) is 1.61. The van der Waals surface area contributed by atoms with Crippen LogP contribution in [0.15, 0.2) is 16.8 Å². The first-order valence-corrected chi connectivity index (χ1v) is 6.93. The summed E-state index contributed by atoms with van der Waals surface area (Å²) in [5.41, 5.74) is 6.32. The number of aliphatic imine (C=N–C) groups is 1. The van der Waals surface area contributed by atoms with Gasteiger partial charge in [0.2, 0.25) is 11.3 Å². The zero-order valence-corrected chi connectivity index (χ0v) is 12.3. The Morgan fingerprint density at radius 2 is 2.22 bits per heavy atom. The molecule has 0 saturated heterocycles. The van der Waals surface area contributed by atoms with Crippen molar-refractivity contribution in [1.82, 2.24) is 9.62 Å². The first kappa shape index (κ1) is 17.1. The van der Waals surface area contributed by atoms with E-state index in [1.165, 1.54) is 10.6 Å². The number of hydrogen-bond acceptors (Lipinski definition) is 3. The molecule has 0 heterocycles. The van der Waals surface area contributed by atoms with Gasteiger partial charge in [0.1, 0.15) is 0 Å². The van der Waals surface area contributed by atoms with Crippen LogP contribution in [0, 0.1) is 0 Å². The molecule has 0 radical (unpaired) electrons. The Labute approximate surface area is 112 Å². The average Bonchev–Trinajstić information content (AvgIpc) is 2.32. The van der Waals surface area contributed by atoms with E-state index in [4.69, 9.17) is 10.3 Å². The average molecular weight is 276 g/mol. The summed E-state index contributed by atoms with van der Waals surface area (Å²) >= 11 is -1.89. The van der Waals surface area contributed by atoms with Crippen LogP contribution < -0.4 is 11.1 Å². The third-order valence-corrected chi connectivity index (χ3v) is 3.42. The Morgan fingerprint density at radius 3 is 2.72 bits per heavy atom. The summed E-state index contributed by atoms with van der Waals surface area (Å²) in [6.45, 7) is 6.52. The highest BCUT2D eigenvalue weighted by Crippen LogP contribution is 2.04. The highest BCUT2D eigenvalue weighted by atomic mass is 32.2. The van der Waals surface area contributed by atoms with E-state index in [9.17, 15) is 4.21 Å². The molecule has 0 rings (SSSR count). The zero-order chi connectivity index (χ0) is 14.1. The van der Waals surface area contributed by atoms with Crippen molar-refractivity contribution in [3.8, 4) is 0 Å². The summed E-state index contributed by atoms with van der Waals surface area (Å²) in [5, 5.41) is 3.23. The lowest BCUT2D eigenvalue weighted by atomic mass is 10.1. The minimum absolute atomic E-state index is 0.0577. The monoisotopic (exact) mass is 276 g/mol. The van der Waals surface area contributed by atoms with Gasteiger partial charge in [-0.3, -0.25) is 9.55 Å². The van der Waals surface area contributed by atoms with E-state index in [0.29, 0.717) is 6.54 Å². The third-order valence-electron chi connectivity index (χ3n) is 2.71. The summed E-state index contributed by atoms with van der Waals surface area (Å²) in [4.78, 5) is 4.06. The molecule has 4 N–H and O–H groups in total. The molecule has 0 aliphatic heterocycles. The molecular formula is C11H24N4O2S. The van der Waals surface area contributed by atoms with Gasteiger partial charge in [0.25, 0.3) is 0 Å². The van der Waals surface area contributed by atoms with E-state index in [2.05, 4.69) is 10.3 Å². The maximum atomic E-state index is 10.7. The van der Waals surface area contributed by atoms with Crippen LogP contribution in [0.2, 0.25) is 0 Å². The molecular weight excluding hydrogens is 252 g/mol. The topological polar surface area (TPSA) is 91.0 Å². The van der Waals surface area contributed by atoms with Crippen LogP contribution in [0.1, 0.15) is 27.2 Å². The molecule has 0 aliphatic carbocycles. The van der Waals surface area contributed by atoms with Crippen LogP contribution in [0.5, 0.6) is 0 Å². The van der Waals surface area contributed by atoms with Crippen molar-refractivity contribution < 1.29 is 8.76 Å². The van der Waals surface area contributed by atoms with Gasteiger partial charge in [-0.2, -0.15) is 0 Å². The van der Waals surface area contributed by atoms with Crippen LogP contribution in [0.25, 0.3) is 0 Å². The predicted molar refractivity (Wildman–Crippen MR) is 76.5 cm³/mol. The van der Waals surface area contributed by atoms with E-state index in [0.717, 1.165) is 12.0 Å². The largest absolute Gasteiger partial charge is 0.390 e. The lowest BCUT2D eigenvalue weighted by Gasteiger charge is -2.17. The molecule has 6 nitrogen and oxygen atoms in total.